The van der Waals surface area contributed by atoms with Gasteiger partial charge in [0.1, 0.15) is 12.4 Å². The molecular weight excluding hydrogens is 434 g/mol. The molecule has 1 saturated heterocycles. The van der Waals surface area contributed by atoms with Crippen LogP contribution in [0.3, 0.4) is 0 Å². The Morgan fingerprint density at radius 3 is 2.48 bits per heavy atom. The monoisotopic (exact) mass is 463 g/mol. The van der Waals surface area contributed by atoms with Crippen molar-refractivity contribution in [2.75, 3.05) is 26.2 Å². The van der Waals surface area contributed by atoms with E-state index in [1.807, 2.05) is 42.5 Å². The number of likely N-dealkylation sites (tertiary alicyclic amines) is 1. The number of benzene rings is 2. The summed E-state index contributed by atoms with van der Waals surface area (Å²) in [4.78, 5) is 20.0. The Labute approximate surface area is 200 Å². The third kappa shape index (κ3) is 6.56. The van der Waals surface area contributed by atoms with Gasteiger partial charge in [-0.15, -0.1) is 0 Å². The molecule has 3 aromatic rings. The molecule has 1 aromatic heterocycles. The Balaban J connectivity index is 1.29. The number of pyridine rings is 1. The van der Waals surface area contributed by atoms with Crippen molar-refractivity contribution in [1.82, 2.24) is 15.2 Å². The number of piperidine rings is 1. The lowest BCUT2D eigenvalue weighted by atomic mass is 9.94. The van der Waals surface area contributed by atoms with Crippen LogP contribution in [0.5, 0.6) is 5.75 Å². The predicted molar refractivity (Wildman–Crippen MR) is 132 cm³/mol. The molecule has 1 amide bonds. The van der Waals surface area contributed by atoms with Gasteiger partial charge in [0.15, 0.2) is 0 Å². The molecule has 6 heteroatoms. The maximum atomic E-state index is 13.2. The van der Waals surface area contributed by atoms with Gasteiger partial charge in [0, 0.05) is 23.7 Å². The molecule has 172 valence electrons. The first-order chi connectivity index (χ1) is 16.1. The number of carbonyl (C=O) groups excluding carboxylic acids is 1. The van der Waals surface area contributed by atoms with Gasteiger partial charge in [-0.05, 0) is 74.8 Å². The van der Waals surface area contributed by atoms with Crippen LogP contribution in [-0.2, 0) is 4.79 Å². The maximum absolute atomic E-state index is 13.2. The van der Waals surface area contributed by atoms with Crippen LogP contribution in [0.25, 0.3) is 0 Å². The van der Waals surface area contributed by atoms with E-state index in [-0.39, 0.29) is 17.9 Å². The van der Waals surface area contributed by atoms with Gasteiger partial charge in [-0.25, -0.2) is 0 Å². The average molecular weight is 464 g/mol. The number of aryl methyl sites for hydroxylation is 1. The third-order valence-electron chi connectivity index (χ3n) is 6.13. The second-order valence-corrected chi connectivity index (χ2v) is 8.96. The van der Waals surface area contributed by atoms with E-state index in [9.17, 15) is 4.79 Å². The van der Waals surface area contributed by atoms with Gasteiger partial charge < -0.3 is 10.1 Å². The lowest BCUT2D eigenvalue weighted by Crippen LogP contribution is -2.42. The van der Waals surface area contributed by atoms with Gasteiger partial charge in [-0.2, -0.15) is 0 Å². The van der Waals surface area contributed by atoms with Gasteiger partial charge in [-0.1, -0.05) is 47.5 Å². The maximum Gasteiger partial charge on any atom is 0.224 e. The van der Waals surface area contributed by atoms with Gasteiger partial charge in [0.05, 0.1) is 11.7 Å². The summed E-state index contributed by atoms with van der Waals surface area (Å²) in [5, 5.41) is 3.97. The molecule has 1 aliphatic rings. The summed E-state index contributed by atoms with van der Waals surface area (Å²) in [6.45, 7) is 5.30. The Bertz CT molecular complexity index is 1020. The van der Waals surface area contributed by atoms with Crippen LogP contribution in [0.2, 0.25) is 5.02 Å². The first-order valence-electron chi connectivity index (χ1n) is 11.5. The summed E-state index contributed by atoms with van der Waals surface area (Å²) in [5.74, 6) is 0.934. The number of aromatic nitrogens is 1. The van der Waals surface area contributed by atoms with Crippen molar-refractivity contribution in [3.05, 3.63) is 94.8 Å². The van der Waals surface area contributed by atoms with Gasteiger partial charge >= 0.3 is 0 Å². The number of amides is 1. The smallest absolute Gasteiger partial charge is 0.224 e. The molecule has 4 rings (SSSR count). The molecule has 0 aliphatic carbocycles. The fourth-order valence-electron chi connectivity index (χ4n) is 4.14. The molecule has 1 unspecified atom stereocenters. The molecule has 1 fully saturated rings. The number of hydrogen-bond acceptors (Lipinski definition) is 4. The van der Waals surface area contributed by atoms with Crippen LogP contribution >= 0.6 is 11.6 Å². The van der Waals surface area contributed by atoms with E-state index >= 15 is 0 Å². The molecule has 1 N–H and O–H groups in total. The minimum Gasteiger partial charge on any atom is -0.492 e. The Morgan fingerprint density at radius 1 is 1.09 bits per heavy atom. The predicted octanol–water partition coefficient (Wildman–Crippen LogP) is 5.04. The lowest BCUT2D eigenvalue weighted by molar-refractivity contribution is -0.127. The van der Waals surface area contributed by atoms with E-state index in [0.29, 0.717) is 11.6 Å². The van der Waals surface area contributed by atoms with E-state index in [1.54, 1.807) is 6.20 Å². The third-order valence-corrected chi connectivity index (χ3v) is 6.38. The Hall–Kier alpha value is -2.89. The summed E-state index contributed by atoms with van der Waals surface area (Å²) in [6.07, 6.45) is 3.46. The highest BCUT2D eigenvalue weighted by Gasteiger charge is 2.27. The molecule has 0 radical (unpaired) electrons. The molecule has 1 aliphatic heterocycles. The number of nitrogens with zero attached hydrogens (tertiary/aromatic N) is 2. The topological polar surface area (TPSA) is 54.5 Å². The number of halogens is 1. The van der Waals surface area contributed by atoms with Crippen LogP contribution in [0, 0.1) is 12.8 Å². The van der Waals surface area contributed by atoms with Crippen LogP contribution in [0.1, 0.15) is 35.7 Å². The number of hydrogen-bond donors (Lipinski definition) is 1. The second kappa shape index (κ2) is 11.3. The first-order valence-corrected chi connectivity index (χ1v) is 11.8. The standard InChI is InChI=1S/C27H30ClN3O2/c1-20-5-7-21(8-6-20)26(25-4-2-3-15-29-25)30-27(32)22-13-16-31(17-14-22)18-19-33-24-11-9-23(28)10-12-24/h2-12,15,22,26H,13-14,16-19H2,1H3,(H,30,32). The number of ether oxygens (including phenoxy) is 1. The molecule has 2 heterocycles. The molecular formula is C27H30ClN3O2. The van der Waals surface area contributed by atoms with Crippen molar-refractivity contribution < 1.29 is 9.53 Å². The number of carbonyl (C=O) groups is 1. The highest BCUT2D eigenvalue weighted by molar-refractivity contribution is 6.30. The molecule has 0 bridgehead atoms. The average Bonchev–Trinajstić information content (AvgIpc) is 2.85. The van der Waals surface area contributed by atoms with Gasteiger partial charge in [-0.3, -0.25) is 14.7 Å². The summed E-state index contributed by atoms with van der Waals surface area (Å²) < 4.78 is 5.81. The fourth-order valence-corrected chi connectivity index (χ4v) is 4.26. The molecule has 0 saturated carbocycles. The largest absolute Gasteiger partial charge is 0.492 e. The van der Waals surface area contributed by atoms with Crippen molar-refractivity contribution >= 4 is 17.5 Å². The highest BCUT2D eigenvalue weighted by atomic mass is 35.5. The number of rotatable bonds is 8. The second-order valence-electron chi connectivity index (χ2n) is 8.53. The van der Waals surface area contributed by atoms with Crippen molar-refractivity contribution in [3.63, 3.8) is 0 Å². The SMILES string of the molecule is Cc1ccc(C(NC(=O)C2CCN(CCOc3ccc(Cl)cc3)CC2)c2ccccn2)cc1. The summed E-state index contributed by atoms with van der Waals surface area (Å²) in [7, 11) is 0. The van der Waals surface area contributed by atoms with E-state index < -0.39 is 0 Å². The van der Waals surface area contributed by atoms with Crippen LogP contribution in [0.4, 0.5) is 0 Å². The zero-order valence-electron chi connectivity index (χ0n) is 18.9. The van der Waals surface area contributed by atoms with Crippen LogP contribution < -0.4 is 10.1 Å². The van der Waals surface area contributed by atoms with E-state index in [2.05, 4.69) is 46.4 Å². The highest BCUT2D eigenvalue weighted by Crippen LogP contribution is 2.24. The van der Waals surface area contributed by atoms with Crippen molar-refractivity contribution in [2.24, 2.45) is 5.92 Å². The summed E-state index contributed by atoms with van der Waals surface area (Å²) in [6, 6.07) is 21.3. The number of nitrogens with one attached hydrogen (secondary N) is 1. The van der Waals surface area contributed by atoms with Crippen molar-refractivity contribution in [1.29, 1.82) is 0 Å². The summed E-state index contributed by atoms with van der Waals surface area (Å²) in [5.41, 5.74) is 3.09. The molecule has 1 atom stereocenters. The molecule has 2 aromatic carbocycles. The minimum atomic E-state index is -0.245. The first kappa shape index (κ1) is 23.3. The van der Waals surface area contributed by atoms with Gasteiger partial charge in [0.2, 0.25) is 5.91 Å². The molecule has 0 spiro atoms. The van der Waals surface area contributed by atoms with Crippen LogP contribution in [0.15, 0.2) is 72.9 Å². The van der Waals surface area contributed by atoms with Crippen molar-refractivity contribution in [3.8, 4) is 5.75 Å². The fraction of sp³-hybridized carbons (Fsp3) is 0.333. The quantitative estimate of drug-likeness (QED) is 0.508. The van der Waals surface area contributed by atoms with E-state index in [4.69, 9.17) is 16.3 Å². The normalized spacial score (nSPS) is 15.7. The van der Waals surface area contributed by atoms with Gasteiger partial charge in [0.25, 0.3) is 0 Å². The lowest BCUT2D eigenvalue weighted by Gasteiger charge is -2.32. The minimum absolute atomic E-state index is 0.00935. The van der Waals surface area contributed by atoms with E-state index in [0.717, 1.165) is 49.5 Å². The zero-order chi connectivity index (χ0) is 23.0. The van der Waals surface area contributed by atoms with Crippen LogP contribution in [-0.4, -0.2) is 42.0 Å². The molecule has 33 heavy (non-hydrogen) atoms. The Kier molecular flexibility index (Phi) is 7.97. The Morgan fingerprint density at radius 2 is 1.82 bits per heavy atom. The van der Waals surface area contributed by atoms with Crippen molar-refractivity contribution in [2.45, 2.75) is 25.8 Å². The molecule has 5 nitrogen and oxygen atoms in total. The summed E-state index contributed by atoms with van der Waals surface area (Å²) >= 11 is 5.91. The zero-order valence-corrected chi connectivity index (χ0v) is 19.7. The van der Waals surface area contributed by atoms with E-state index in [1.165, 1.54) is 5.56 Å².